The average Bonchev–Trinajstić information content (AvgIpc) is 2.29. The third-order valence-electron chi connectivity index (χ3n) is 2.04. The highest BCUT2D eigenvalue weighted by Crippen LogP contribution is 2.36. The molecule has 1 rings (SSSR count). The van der Waals surface area contributed by atoms with Gasteiger partial charge in [-0.2, -0.15) is 0 Å². The van der Waals surface area contributed by atoms with Crippen LogP contribution in [-0.2, 0) is 0 Å². The summed E-state index contributed by atoms with van der Waals surface area (Å²) >= 11 is 6.10. The number of rotatable bonds is 5. The molecule has 0 aromatic heterocycles. The van der Waals surface area contributed by atoms with Crippen molar-refractivity contribution in [2.75, 3.05) is 20.3 Å². The summed E-state index contributed by atoms with van der Waals surface area (Å²) < 4.78 is 10.8. The van der Waals surface area contributed by atoms with Gasteiger partial charge in [0.2, 0.25) is 0 Å². The van der Waals surface area contributed by atoms with Crippen molar-refractivity contribution in [3.8, 4) is 11.5 Å². The Morgan fingerprint density at radius 2 is 2.19 bits per heavy atom. The molecule has 0 atom stereocenters. The van der Waals surface area contributed by atoms with E-state index in [9.17, 15) is 0 Å². The predicted octanol–water partition coefficient (Wildman–Crippen LogP) is 2.72. The van der Waals surface area contributed by atoms with E-state index in [1.807, 2.05) is 19.1 Å². The van der Waals surface area contributed by atoms with Crippen LogP contribution in [-0.4, -0.2) is 20.3 Å². The number of nitrogens with two attached hydrogens (primary N) is 1. The molecule has 88 valence electrons. The summed E-state index contributed by atoms with van der Waals surface area (Å²) in [6.45, 7) is 2.93. The molecule has 0 heterocycles. The third-order valence-corrected chi connectivity index (χ3v) is 2.37. The molecule has 1 aromatic carbocycles. The van der Waals surface area contributed by atoms with Gasteiger partial charge in [0.15, 0.2) is 11.5 Å². The van der Waals surface area contributed by atoms with Crippen LogP contribution in [0.5, 0.6) is 11.5 Å². The van der Waals surface area contributed by atoms with Gasteiger partial charge in [-0.1, -0.05) is 23.8 Å². The largest absolute Gasteiger partial charge is 0.493 e. The fourth-order valence-electron chi connectivity index (χ4n) is 1.35. The number of benzene rings is 1. The quantitative estimate of drug-likeness (QED) is 0.862. The molecule has 2 N–H and O–H groups in total. The van der Waals surface area contributed by atoms with E-state index < -0.39 is 0 Å². The van der Waals surface area contributed by atoms with Crippen LogP contribution in [0, 0.1) is 0 Å². The maximum atomic E-state index is 6.10. The van der Waals surface area contributed by atoms with Gasteiger partial charge in [-0.25, -0.2) is 0 Å². The molecule has 0 spiro atoms. The molecule has 0 aliphatic rings. The van der Waals surface area contributed by atoms with Crippen LogP contribution in [0.15, 0.2) is 18.2 Å². The highest BCUT2D eigenvalue weighted by molar-refractivity contribution is 6.32. The molecular formula is C12H16ClNO2. The van der Waals surface area contributed by atoms with Crippen molar-refractivity contribution in [2.24, 2.45) is 5.73 Å². The van der Waals surface area contributed by atoms with Crippen molar-refractivity contribution in [2.45, 2.75) is 6.92 Å². The third kappa shape index (κ3) is 2.90. The van der Waals surface area contributed by atoms with Crippen LogP contribution in [0.1, 0.15) is 12.5 Å². The maximum absolute atomic E-state index is 6.10. The van der Waals surface area contributed by atoms with E-state index in [-0.39, 0.29) is 0 Å². The lowest BCUT2D eigenvalue weighted by atomic mass is 10.1. The molecule has 0 bridgehead atoms. The fraction of sp³-hybridized carbons (Fsp3) is 0.333. The Kier molecular flexibility index (Phi) is 5.15. The van der Waals surface area contributed by atoms with Crippen LogP contribution < -0.4 is 15.2 Å². The minimum atomic E-state index is 0.457. The number of halogens is 1. The summed E-state index contributed by atoms with van der Waals surface area (Å²) in [7, 11) is 1.60. The topological polar surface area (TPSA) is 44.5 Å². The number of methoxy groups -OCH3 is 1. The zero-order valence-corrected chi connectivity index (χ0v) is 10.3. The number of ether oxygens (including phenoxy) is 2. The molecule has 0 saturated heterocycles. The summed E-state index contributed by atoms with van der Waals surface area (Å²) in [5.74, 6) is 1.32. The average molecular weight is 242 g/mol. The molecule has 3 nitrogen and oxygen atoms in total. The smallest absolute Gasteiger partial charge is 0.169 e. The van der Waals surface area contributed by atoms with E-state index >= 15 is 0 Å². The van der Waals surface area contributed by atoms with Crippen molar-refractivity contribution in [1.82, 2.24) is 0 Å². The van der Waals surface area contributed by atoms with Gasteiger partial charge in [-0.15, -0.1) is 0 Å². The Hall–Kier alpha value is -1.19. The fourth-order valence-corrected chi connectivity index (χ4v) is 1.56. The van der Waals surface area contributed by atoms with Gasteiger partial charge in [0.05, 0.1) is 18.7 Å². The van der Waals surface area contributed by atoms with E-state index in [0.29, 0.717) is 29.7 Å². The normalized spacial score (nSPS) is 10.8. The molecule has 4 heteroatoms. The van der Waals surface area contributed by atoms with E-state index in [2.05, 4.69) is 0 Å². The van der Waals surface area contributed by atoms with Gasteiger partial charge >= 0.3 is 0 Å². The zero-order chi connectivity index (χ0) is 12.0. The van der Waals surface area contributed by atoms with E-state index in [1.165, 1.54) is 0 Å². The minimum absolute atomic E-state index is 0.457. The molecule has 0 saturated carbocycles. The maximum Gasteiger partial charge on any atom is 0.169 e. The second kappa shape index (κ2) is 6.40. The first kappa shape index (κ1) is 12.9. The summed E-state index contributed by atoms with van der Waals surface area (Å²) in [5.41, 5.74) is 6.22. The number of hydrogen-bond donors (Lipinski definition) is 1. The van der Waals surface area contributed by atoms with Gasteiger partial charge in [-0.05, 0) is 19.1 Å². The molecule has 1 aromatic rings. The monoisotopic (exact) mass is 241 g/mol. The van der Waals surface area contributed by atoms with Crippen molar-refractivity contribution in [1.29, 1.82) is 0 Å². The van der Waals surface area contributed by atoms with Gasteiger partial charge in [0.1, 0.15) is 0 Å². The lowest BCUT2D eigenvalue weighted by molar-refractivity contribution is 0.310. The molecule has 0 radical (unpaired) electrons. The Bertz CT molecular complexity index is 378. The Morgan fingerprint density at radius 3 is 2.75 bits per heavy atom. The highest BCUT2D eigenvalue weighted by atomic mass is 35.5. The Morgan fingerprint density at radius 1 is 1.44 bits per heavy atom. The number of hydrogen-bond acceptors (Lipinski definition) is 3. The van der Waals surface area contributed by atoms with E-state index in [1.54, 1.807) is 19.2 Å². The molecule has 0 aliphatic heterocycles. The van der Waals surface area contributed by atoms with Crippen LogP contribution >= 0.6 is 11.6 Å². The first-order valence-corrected chi connectivity index (χ1v) is 5.48. The predicted molar refractivity (Wildman–Crippen MR) is 67.3 cm³/mol. The first-order chi connectivity index (χ1) is 7.74. The van der Waals surface area contributed by atoms with Gasteiger partial charge in [0, 0.05) is 12.1 Å². The lowest BCUT2D eigenvalue weighted by Gasteiger charge is -2.13. The van der Waals surface area contributed by atoms with E-state index in [0.717, 1.165) is 5.56 Å². The lowest BCUT2D eigenvalue weighted by Crippen LogP contribution is -1.99. The highest BCUT2D eigenvalue weighted by Gasteiger charge is 2.11. The molecule has 0 amide bonds. The van der Waals surface area contributed by atoms with Crippen molar-refractivity contribution in [3.05, 3.63) is 28.8 Å². The molecule has 0 unspecified atom stereocenters. The van der Waals surface area contributed by atoms with Gasteiger partial charge in [-0.3, -0.25) is 0 Å². The molecule has 0 aliphatic carbocycles. The van der Waals surface area contributed by atoms with Gasteiger partial charge in [0.25, 0.3) is 0 Å². The van der Waals surface area contributed by atoms with Crippen LogP contribution in [0.25, 0.3) is 6.08 Å². The summed E-state index contributed by atoms with van der Waals surface area (Å²) in [5, 5.41) is 0.619. The standard InChI is InChI=1S/C12H16ClNO2/c1-3-16-12-9(5-4-8-14)10(13)6-7-11(12)15-2/h4-7H,3,8,14H2,1-2H3/b5-4+. The zero-order valence-electron chi connectivity index (χ0n) is 9.50. The molecule has 0 fully saturated rings. The summed E-state index contributed by atoms with van der Waals surface area (Å²) in [6, 6.07) is 3.56. The molecular weight excluding hydrogens is 226 g/mol. The summed E-state index contributed by atoms with van der Waals surface area (Å²) in [6.07, 6.45) is 3.67. The van der Waals surface area contributed by atoms with Crippen molar-refractivity contribution in [3.63, 3.8) is 0 Å². The van der Waals surface area contributed by atoms with Crippen molar-refractivity contribution >= 4 is 17.7 Å². The second-order valence-electron chi connectivity index (χ2n) is 3.06. The van der Waals surface area contributed by atoms with Crippen molar-refractivity contribution < 1.29 is 9.47 Å². The SMILES string of the molecule is CCOc1c(OC)ccc(Cl)c1/C=C/CN. The second-order valence-corrected chi connectivity index (χ2v) is 3.47. The van der Waals surface area contributed by atoms with Crippen LogP contribution in [0.3, 0.4) is 0 Å². The van der Waals surface area contributed by atoms with Gasteiger partial charge < -0.3 is 15.2 Å². The van der Waals surface area contributed by atoms with Crippen LogP contribution in [0.4, 0.5) is 0 Å². The van der Waals surface area contributed by atoms with E-state index in [4.69, 9.17) is 26.8 Å². The Labute approximate surface area is 101 Å². The molecule has 16 heavy (non-hydrogen) atoms. The summed E-state index contributed by atoms with van der Waals surface area (Å²) in [4.78, 5) is 0. The van der Waals surface area contributed by atoms with Crippen LogP contribution in [0.2, 0.25) is 5.02 Å². The Balaban J connectivity index is 3.23. The minimum Gasteiger partial charge on any atom is -0.493 e. The first-order valence-electron chi connectivity index (χ1n) is 5.10.